The number of hydrazone groups is 1. The Bertz CT molecular complexity index is 1270. The fourth-order valence-electron chi connectivity index (χ4n) is 3.38. The van der Waals surface area contributed by atoms with Crippen molar-refractivity contribution in [1.29, 1.82) is 0 Å². The molecule has 2 N–H and O–H groups in total. The normalized spacial score (nSPS) is 12.9. The minimum Gasteiger partial charge on any atom is -0.478 e. The lowest BCUT2D eigenvalue weighted by molar-refractivity contribution is -0.393. The second kappa shape index (κ2) is 7.09. The highest BCUT2D eigenvalue weighted by Crippen LogP contribution is 2.39. The van der Waals surface area contributed by atoms with Gasteiger partial charge in [-0.25, -0.2) is 4.79 Å². The molecule has 4 rings (SSSR count). The van der Waals surface area contributed by atoms with Gasteiger partial charge in [-0.15, -0.1) is 0 Å². The van der Waals surface area contributed by atoms with Crippen LogP contribution in [-0.4, -0.2) is 26.6 Å². The van der Waals surface area contributed by atoms with Gasteiger partial charge in [0.15, 0.2) is 0 Å². The maximum atomic E-state index is 11.7. The van der Waals surface area contributed by atoms with E-state index in [9.17, 15) is 30.1 Å². The molecule has 148 valence electrons. The minimum atomic E-state index is -1.13. The Kier molecular flexibility index (Phi) is 4.43. The van der Waals surface area contributed by atoms with E-state index in [4.69, 9.17) is 0 Å². The molecule has 0 aliphatic heterocycles. The van der Waals surface area contributed by atoms with Gasteiger partial charge in [0.05, 0.1) is 27.2 Å². The van der Waals surface area contributed by atoms with Crippen LogP contribution in [0.2, 0.25) is 0 Å². The number of hydrogen-bond acceptors (Lipinski definition) is 7. The van der Waals surface area contributed by atoms with Crippen LogP contribution in [0.4, 0.5) is 17.1 Å². The third kappa shape index (κ3) is 3.02. The highest BCUT2D eigenvalue weighted by Gasteiger charge is 2.29. The van der Waals surface area contributed by atoms with Crippen LogP contribution in [0.5, 0.6) is 0 Å². The second-order valence-electron chi connectivity index (χ2n) is 6.37. The molecule has 0 aromatic heterocycles. The fraction of sp³-hybridized carbons (Fsp3) is 0. The molecule has 0 radical (unpaired) electrons. The number of fused-ring (bicyclic) bond motifs is 3. The molecule has 10 heteroatoms. The van der Waals surface area contributed by atoms with Crippen molar-refractivity contribution < 1.29 is 19.7 Å². The lowest BCUT2D eigenvalue weighted by Gasteiger charge is -2.07. The first-order valence-corrected chi connectivity index (χ1v) is 8.61. The van der Waals surface area contributed by atoms with Crippen LogP contribution >= 0.6 is 0 Å². The molecule has 1 aliphatic rings. The number of carbonyl (C=O) groups is 1. The number of benzene rings is 3. The topological polar surface area (TPSA) is 148 Å². The third-order valence-electron chi connectivity index (χ3n) is 4.68. The van der Waals surface area contributed by atoms with Crippen molar-refractivity contribution in [2.45, 2.75) is 0 Å². The maximum absolute atomic E-state index is 11.7. The van der Waals surface area contributed by atoms with E-state index >= 15 is 0 Å². The van der Waals surface area contributed by atoms with Crippen LogP contribution in [0.25, 0.3) is 11.1 Å². The Morgan fingerprint density at radius 2 is 1.60 bits per heavy atom. The average molecular weight is 404 g/mol. The Labute approximate surface area is 168 Å². The number of nitrogens with one attached hydrogen (secondary N) is 1. The van der Waals surface area contributed by atoms with E-state index in [-0.39, 0.29) is 11.3 Å². The van der Waals surface area contributed by atoms with Gasteiger partial charge in [-0.05, 0) is 23.3 Å². The number of rotatable bonds is 5. The zero-order chi connectivity index (χ0) is 21.4. The summed E-state index contributed by atoms with van der Waals surface area (Å²) in [5, 5.41) is 36.1. The van der Waals surface area contributed by atoms with Gasteiger partial charge in [-0.2, -0.15) is 5.10 Å². The smallest absolute Gasteiger partial charge is 0.336 e. The van der Waals surface area contributed by atoms with Gasteiger partial charge in [-0.3, -0.25) is 25.7 Å². The predicted octanol–water partition coefficient (Wildman–Crippen LogP) is 4.05. The molecule has 3 aromatic rings. The summed E-state index contributed by atoms with van der Waals surface area (Å²) in [7, 11) is 0. The summed E-state index contributed by atoms with van der Waals surface area (Å²) in [6.45, 7) is 0. The lowest BCUT2D eigenvalue weighted by atomic mass is 10.0. The summed E-state index contributed by atoms with van der Waals surface area (Å²) < 4.78 is 0. The molecule has 0 spiro atoms. The summed E-state index contributed by atoms with van der Waals surface area (Å²) in [4.78, 5) is 32.5. The Morgan fingerprint density at radius 1 is 0.900 bits per heavy atom. The monoisotopic (exact) mass is 404 g/mol. The molecule has 0 fully saturated rings. The number of anilines is 1. The number of nitro benzene ring substituents is 2. The summed E-state index contributed by atoms with van der Waals surface area (Å²) in [5.41, 5.74) is 4.46. The van der Waals surface area contributed by atoms with Crippen molar-refractivity contribution in [3.63, 3.8) is 0 Å². The molecule has 0 unspecified atom stereocenters. The van der Waals surface area contributed by atoms with Gasteiger partial charge >= 0.3 is 11.7 Å². The Hall–Kier alpha value is -4.60. The van der Waals surface area contributed by atoms with E-state index in [0.717, 1.165) is 17.7 Å². The van der Waals surface area contributed by atoms with Crippen molar-refractivity contribution in [1.82, 2.24) is 0 Å². The number of nitro groups is 2. The van der Waals surface area contributed by atoms with E-state index in [1.807, 2.05) is 12.1 Å². The third-order valence-corrected chi connectivity index (χ3v) is 4.68. The van der Waals surface area contributed by atoms with E-state index < -0.39 is 27.2 Å². The number of carboxylic acid groups (broad SMARTS) is 1. The van der Waals surface area contributed by atoms with Crippen molar-refractivity contribution >= 4 is 28.7 Å². The van der Waals surface area contributed by atoms with Gasteiger partial charge in [-0.1, -0.05) is 36.4 Å². The molecule has 0 heterocycles. The van der Waals surface area contributed by atoms with Crippen LogP contribution in [0.3, 0.4) is 0 Å². The lowest BCUT2D eigenvalue weighted by Crippen LogP contribution is -2.10. The second-order valence-corrected chi connectivity index (χ2v) is 6.37. The standard InChI is InChI=1S/C20H12N4O6/c25-20(26)15-7-3-6-13-12-4-1-2-5-14(12)19(18(13)15)22-21-16-9-8-11(23(27)28)10-17(16)24(29)30/h1-10,21H,(H,25,26). The SMILES string of the molecule is O=C(O)c1cccc2c1C(=NNc1ccc([N+](=O)[O-])cc1[N+](=O)[O-])c1ccccc1-2. The van der Waals surface area contributed by atoms with E-state index in [2.05, 4.69) is 10.5 Å². The van der Waals surface area contributed by atoms with Gasteiger partial charge < -0.3 is 5.11 Å². The van der Waals surface area contributed by atoms with Crippen molar-refractivity contribution in [2.24, 2.45) is 5.10 Å². The summed E-state index contributed by atoms with van der Waals surface area (Å²) >= 11 is 0. The summed E-state index contributed by atoms with van der Waals surface area (Å²) in [6.07, 6.45) is 0. The van der Waals surface area contributed by atoms with Gasteiger partial charge in [0.1, 0.15) is 5.69 Å². The molecule has 0 saturated heterocycles. The number of nitrogens with zero attached hydrogens (tertiary/aromatic N) is 3. The van der Waals surface area contributed by atoms with Crippen LogP contribution < -0.4 is 5.43 Å². The molecule has 0 amide bonds. The van der Waals surface area contributed by atoms with Gasteiger partial charge in [0, 0.05) is 17.2 Å². The maximum Gasteiger partial charge on any atom is 0.336 e. The minimum absolute atomic E-state index is 0.0439. The van der Waals surface area contributed by atoms with Crippen LogP contribution in [0.15, 0.2) is 65.8 Å². The molecule has 1 aliphatic carbocycles. The number of non-ortho nitro benzene ring substituents is 1. The zero-order valence-corrected chi connectivity index (χ0v) is 15.1. The summed E-state index contributed by atoms with van der Waals surface area (Å²) in [5.74, 6) is -1.13. The summed E-state index contributed by atoms with van der Waals surface area (Å²) in [6, 6.07) is 15.2. The number of aromatic carboxylic acids is 1. The number of carboxylic acids is 1. The van der Waals surface area contributed by atoms with E-state index in [1.54, 1.807) is 24.3 Å². The highest BCUT2D eigenvalue weighted by molar-refractivity contribution is 6.27. The molecular formula is C20H12N4O6. The van der Waals surface area contributed by atoms with Gasteiger partial charge in [0.25, 0.3) is 5.69 Å². The fourth-order valence-corrected chi connectivity index (χ4v) is 3.38. The van der Waals surface area contributed by atoms with Crippen molar-refractivity contribution in [2.75, 3.05) is 5.43 Å². The van der Waals surface area contributed by atoms with Crippen LogP contribution in [0.1, 0.15) is 21.5 Å². The molecule has 30 heavy (non-hydrogen) atoms. The predicted molar refractivity (Wildman–Crippen MR) is 108 cm³/mol. The van der Waals surface area contributed by atoms with E-state index in [0.29, 0.717) is 22.4 Å². The number of hydrogen-bond donors (Lipinski definition) is 2. The molecular weight excluding hydrogens is 392 g/mol. The van der Waals surface area contributed by atoms with E-state index in [1.165, 1.54) is 12.1 Å². The average Bonchev–Trinajstić information content (AvgIpc) is 3.05. The highest BCUT2D eigenvalue weighted by atomic mass is 16.6. The molecule has 3 aromatic carbocycles. The zero-order valence-electron chi connectivity index (χ0n) is 15.1. The van der Waals surface area contributed by atoms with Crippen molar-refractivity contribution in [3.05, 3.63) is 97.6 Å². The Balaban J connectivity index is 1.85. The molecule has 0 atom stereocenters. The Morgan fingerprint density at radius 3 is 2.27 bits per heavy atom. The van der Waals surface area contributed by atoms with Crippen molar-refractivity contribution in [3.8, 4) is 11.1 Å². The van der Waals surface area contributed by atoms with Crippen LogP contribution in [0, 0.1) is 20.2 Å². The first kappa shape index (κ1) is 18.7. The van der Waals surface area contributed by atoms with Crippen LogP contribution in [-0.2, 0) is 0 Å². The molecule has 10 nitrogen and oxygen atoms in total. The quantitative estimate of drug-likeness (QED) is 0.376. The van der Waals surface area contributed by atoms with Gasteiger partial charge in [0.2, 0.25) is 0 Å². The first-order chi connectivity index (χ1) is 14.4. The molecule has 0 saturated carbocycles. The largest absolute Gasteiger partial charge is 0.478 e. The molecule has 0 bridgehead atoms. The first-order valence-electron chi connectivity index (χ1n) is 8.61.